The predicted molar refractivity (Wildman–Crippen MR) is 131 cm³/mol. The van der Waals surface area contributed by atoms with E-state index in [2.05, 4.69) is 38.1 Å². The number of esters is 1. The van der Waals surface area contributed by atoms with E-state index in [1.54, 1.807) is 23.9 Å². The van der Waals surface area contributed by atoms with Gasteiger partial charge in [0.05, 0.1) is 12.2 Å². The van der Waals surface area contributed by atoms with E-state index in [1.807, 2.05) is 48.5 Å². The summed E-state index contributed by atoms with van der Waals surface area (Å²) in [5.74, 6) is -0.460. The molecule has 5 unspecified atom stereocenters. The van der Waals surface area contributed by atoms with Gasteiger partial charge in [0.2, 0.25) is 0 Å². The number of hydrogen-bond donors (Lipinski definition) is 0. The van der Waals surface area contributed by atoms with E-state index in [1.165, 1.54) is 5.56 Å². The summed E-state index contributed by atoms with van der Waals surface area (Å²) in [4.78, 5) is 14.1. The number of benzene rings is 3. The quantitative estimate of drug-likeness (QED) is 0.435. The van der Waals surface area contributed by atoms with E-state index in [-0.39, 0.29) is 23.4 Å². The first-order valence-electron chi connectivity index (χ1n) is 11.6. The lowest BCUT2D eigenvalue weighted by Gasteiger charge is -2.48. The summed E-state index contributed by atoms with van der Waals surface area (Å²) < 4.78 is 25.0. The summed E-state index contributed by atoms with van der Waals surface area (Å²) >= 11 is 1.64. The molecule has 3 aromatic carbocycles. The maximum absolute atomic E-state index is 13.0. The summed E-state index contributed by atoms with van der Waals surface area (Å²) in [6.07, 6.45) is -1.79. The monoisotopic (exact) mass is 476 g/mol. The zero-order valence-corrected chi connectivity index (χ0v) is 20.0. The van der Waals surface area contributed by atoms with E-state index in [9.17, 15) is 4.79 Å². The zero-order valence-electron chi connectivity index (χ0n) is 19.2. The van der Waals surface area contributed by atoms with Crippen molar-refractivity contribution in [2.75, 3.05) is 6.61 Å². The van der Waals surface area contributed by atoms with Gasteiger partial charge in [0.15, 0.2) is 6.29 Å². The van der Waals surface area contributed by atoms with Gasteiger partial charge in [0.1, 0.15) is 23.7 Å². The maximum atomic E-state index is 13.0. The minimum absolute atomic E-state index is 0.102. The van der Waals surface area contributed by atoms with Crippen molar-refractivity contribution in [2.45, 2.75) is 48.8 Å². The Morgan fingerprint density at radius 1 is 0.912 bits per heavy atom. The fourth-order valence-corrected chi connectivity index (χ4v) is 5.44. The molecule has 0 amide bonds. The number of fused-ring (bicyclic) bond motifs is 1. The summed E-state index contributed by atoms with van der Waals surface area (Å²) in [6, 6.07) is 27.2. The molecular weight excluding hydrogens is 448 g/mol. The number of ether oxygens (including phenoxy) is 4. The van der Waals surface area contributed by atoms with Crippen LogP contribution in [0, 0.1) is 12.8 Å². The van der Waals surface area contributed by atoms with Crippen LogP contribution in [0.4, 0.5) is 0 Å². The number of hydrogen-bond acceptors (Lipinski definition) is 6. The number of aryl methyl sites for hydroxylation is 1. The molecule has 3 aromatic rings. The van der Waals surface area contributed by atoms with Crippen molar-refractivity contribution in [1.29, 1.82) is 0 Å². The van der Waals surface area contributed by atoms with E-state index >= 15 is 0 Å². The lowest BCUT2D eigenvalue weighted by molar-refractivity contribution is -0.310. The smallest absolute Gasteiger partial charge is 0.338 e. The first-order valence-corrected chi connectivity index (χ1v) is 12.4. The Morgan fingerprint density at radius 3 is 2.29 bits per heavy atom. The topological polar surface area (TPSA) is 54.0 Å². The predicted octanol–water partition coefficient (Wildman–Crippen LogP) is 5.79. The van der Waals surface area contributed by atoms with Crippen molar-refractivity contribution in [3.05, 3.63) is 102 Å². The number of rotatable bonds is 5. The molecule has 2 fully saturated rings. The minimum atomic E-state index is -0.530. The molecule has 2 aliphatic heterocycles. The Morgan fingerprint density at radius 2 is 1.59 bits per heavy atom. The highest BCUT2D eigenvalue weighted by molar-refractivity contribution is 7.99. The molecule has 0 aromatic heterocycles. The largest absolute Gasteiger partial charge is 0.455 e. The zero-order chi connectivity index (χ0) is 23.5. The lowest BCUT2D eigenvalue weighted by atomic mass is 9.92. The standard InChI is InChI=1S/C28H28O5S/c1-18-13-15-22(16-14-18)34-28-19(2)24(32-26(29)20-9-5-3-6-10-20)25-23(31-28)17-30-27(33-25)21-11-7-4-8-12-21/h3-16,19,23-25,27-28H,17H2,1-2H3/t19?,23?,24?,25?,27?,28-/m0/s1. The van der Waals surface area contributed by atoms with Crippen LogP contribution in [0.2, 0.25) is 0 Å². The normalized spacial score (nSPS) is 28.6. The van der Waals surface area contributed by atoms with Crippen LogP contribution in [0.5, 0.6) is 0 Å². The van der Waals surface area contributed by atoms with Crippen LogP contribution in [0.1, 0.15) is 34.7 Å². The first-order chi connectivity index (χ1) is 16.6. The van der Waals surface area contributed by atoms with Gasteiger partial charge in [-0.25, -0.2) is 4.79 Å². The Bertz CT molecular complexity index is 1090. The van der Waals surface area contributed by atoms with Gasteiger partial charge in [-0.2, -0.15) is 0 Å². The number of thioether (sulfide) groups is 1. The van der Waals surface area contributed by atoms with Crippen LogP contribution in [0.25, 0.3) is 0 Å². The van der Waals surface area contributed by atoms with E-state index in [0.29, 0.717) is 12.2 Å². The van der Waals surface area contributed by atoms with Gasteiger partial charge in [-0.15, -0.1) is 0 Å². The third kappa shape index (κ3) is 5.05. The van der Waals surface area contributed by atoms with Crippen molar-refractivity contribution in [3.8, 4) is 0 Å². The van der Waals surface area contributed by atoms with Gasteiger partial charge in [0.25, 0.3) is 0 Å². The molecule has 2 aliphatic rings. The fraction of sp³-hybridized carbons (Fsp3) is 0.321. The summed E-state index contributed by atoms with van der Waals surface area (Å²) in [5.41, 5.74) is 2.45. The van der Waals surface area contributed by atoms with Gasteiger partial charge in [-0.3, -0.25) is 0 Å². The van der Waals surface area contributed by atoms with Crippen LogP contribution < -0.4 is 0 Å². The molecule has 2 saturated heterocycles. The molecule has 0 N–H and O–H groups in total. The molecule has 0 bridgehead atoms. The van der Waals surface area contributed by atoms with Crippen molar-refractivity contribution in [3.63, 3.8) is 0 Å². The van der Waals surface area contributed by atoms with Crippen molar-refractivity contribution in [2.24, 2.45) is 5.92 Å². The third-order valence-electron chi connectivity index (χ3n) is 6.24. The van der Waals surface area contributed by atoms with Crippen molar-refractivity contribution < 1.29 is 23.7 Å². The molecule has 0 aliphatic carbocycles. The molecule has 6 atom stereocenters. The van der Waals surface area contributed by atoms with Gasteiger partial charge in [0, 0.05) is 16.4 Å². The highest BCUT2D eigenvalue weighted by Gasteiger charge is 2.50. The van der Waals surface area contributed by atoms with Crippen LogP contribution in [-0.4, -0.2) is 36.3 Å². The molecule has 5 nitrogen and oxygen atoms in total. The molecule has 34 heavy (non-hydrogen) atoms. The number of carbonyl (C=O) groups excluding carboxylic acids is 1. The van der Waals surface area contributed by atoms with Crippen molar-refractivity contribution >= 4 is 17.7 Å². The molecule has 0 radical (unpaired) electrons. The molecular formula is C28H28O5S. The lowest BCUT2D eigenvalue weighted by Crippen LogP contribution is -2.59. The van der Waals surface area contributed by atoms with Crippen LogP contribution >= 0.6 is 11.8 Å². The van der Waals surface area contributed by atoms with Crippen molar-refractivity contribution in [1.82, 2.24) is 0 Å². The molecule has 6 heteroatoms. The maximum Gasteiger partial charge on any atom is 0.338 e. The van der Waals surface area contributed by atoms with Gasteiger partial charge in [-0.1, -0.05) is 84.9 Å². The Labute approximate surface area is 204 Å². The Hall–Kier alpha value is -2.64. The van der Waals surface area contributed by atoms with E-state index in [0.717, 1.165) is 10.5 Å². The fourth-order valence-electron chi connectivity index (χ4n) is 4.31. The highest BCUT2D eigenvalue weighted by Crippen LogP contribution is 2.42. The minimum Gasteiger partial charge on any atom is -0.455 e. The molecule has 0 saturated carbocycles. The molecule has 0 spiro atoms. The second-order valence-corrected chi connectivity index (χ2v) is 9.92. The van der Waals surface area contributed by atoms with Crippen LogP contribution in [0.15, 0.2) is 89.8 Å². The number of carbonyl (C=O) groups is 1. The van der Waals surface area contributed by atoms with E-state index in [4.69, 9.17) is 18.9 Å². The highest BCUT2D eigenvalue weighted by atomic mass is 32.2. The van der Waals surface area contributed by atoms with Gasteiger partial charge in [-0.05, 0) is 31.2 Å². The third-order valence-corrected chi connectivity index (χ3v) is 7.55. The summed E-state index contributed by atoms with van der Waals surface area (Å²) in [7, 11) is 0. The SMILES string of the molecule is Cc1ccc(S[C@@H]2OC3COC(c4ccccc4)OC3C(OC(=O)c3ccccc3)C2C)cc1. The molecule has 2 heterocycles. The van der Waals surface area contributed by atoms with E-state index < -0.39 is 18.5 Å². The molecule has 176 valence electrons. The van der Waals surface area contributed by atoms with Gasteiger partial charge < -0.3 is 18.9 Å². The van der Waals surface area contributed by atoms with Crippen LogP contribution in [0.3, 0.4) is 0 Å². The average molecular weight is 477 g/mol. The summed E-state index contributed by atoms with van der Waals surface area (Å²) in [5, 5.41) is 0. The average Bonchev–Trinajstić information content (AvgIpc) is 2.88. The Balaban J connectivity index is 1.39. The summed E-state index contributed by atoms with van der Waals surface area (Å²) in [6.45, 7) is 4.49. The van der Waals surface area contributed by atoms with Crippen LogP contribution in [-0.2, 0) is 18.9 Å². The van der Waals surface area contributed by atoms with Gasteiger partial charge >= 0.3 is 5.97 Å². The Kier molecular flexibility index (Phi) is 7.02. The second kappa shape index (κ2) is 10.3. The second-order valence-electron chi connectivity index (χ2n) is 8.75. The molecule has 5 rings (SSSR count). The first kappa shape index (κ1) is 23.1.